The van der Waals surface area contributed by atoms with Gasteiger partial charge in [-0.05, 0) is 48.9 Å². The summed E-state index contributed by atoms with van der Waals surface area (Å²) in [5.74, 6) is 0. The van der Waals surface area contributed by atoms with E-state index in [0.29, 0.717) is 6.04 Å². The summed E-state index contributed by atoms with van der Waals surface area (Å²) in [4.78, 5) is 3.85. The predicted octanol–water partition coefficient (Wildman–Crippen LogP) is 4.36. The van der Waals surface area contributed by atoms with Crippen molar-refractivity contribution in [1.29, 1.82) is 0 Å². The van der Waals surface area contributed by atoms with E-state index in [-0.39, 0.29) is 0 Å². The molecule has 98 valence electrons. The summed E-state index contributed by atoms with van der Waals surface area (Å²) in [6, 6.07) is 18.3. The lowest BCUT2D eigenvalue weighted by atomic mass is 10.1. The van der Waals surface area contributed by atoms with Crippen molar-refractivity contribution in [3.8, 4) is 0 Å². The van der Waals surface area contributed by atoms with E-state index in [9.17, 15) is 0 Å². The van der Waals surface area contributed by atoms with Gasteiger partial charge in [0.05, 0.1) is 0 Å². The molecule has 2 aromatic carbocycles. The number of hydrogen-bond donors (Lipinski definition) is 0. The molecule has 1 nitrogen and oxygen atoms in total. The van der Waals surface area contributed by atoms with Gasteiger partial charge in [0.25, 0.3) is 0 Å². The molecule has 1 aliphatic rings. The largest absolute Gasteiger partial charge is 0.364 e. The van der Waals surface area contributed by atoms with Crippen molar-refractivity contribution in [1.82, 2.24) is 0 Å². The maximum Gasteiger partial charge on any atom is 0.0432 e. The quantitative estimate of drug-likeness (QED) is 0.762. The topological polar surface area (TPSA) is 3.24 Å². The van der Waals surface area contributed by atoms with Crippen molar-refractivity contribution >= 4 is 17.4 Å². The molecule has 3 rings (SSSR count). The highest BCUT2D eigenvalue weighted by Gasteiger charge is 2.25. The van der Waals surface area contributed by atoms with Gasteiger partial charge >= 0.3 is 0 Å². The van der Waals surface area contributed by atoms with E-state index in [1.165, 1.54) is 28.1 Å². The third-order valence-electron chi connectivity index (χ3n) is 3.86. The summed E-state index contributed by atoms with van der Waals surface area (Å²) in [5.41, 5.74) is 4.28. The molecule has 1 unspecified atom stereocenters. The van der Waals surface area contributed by atoms with Crippen LogP contribution >= 0.6 is 11.8 Å². The second-order valence-corrected chi connectivity index (χ2v) is 6.04. The third-order valence-corrected chi connectivity index (χ3v) is 4.60. The minimum absolute atomic E-state index is 0.595. The van der Waals surface area contributed by atoms with Crippen molar-refractivity contribution in [3.63, 3.8) is 0 Å². The van der Waals surface area contributed by atoms with Crippen LogP contribution in [0.5, 0.6) is 0 Å². The van der Waals surface area contributed by atoms with Crippen LogP contribution in [-0.2, 0) is 13.0 Å². The smallest absolute Gasteiger partial charge is 0.0432 e. The highest BCUT2D eigenvalue weighted by atomic mass is 32.2. The van der Waals surface area contributed by atoms with E-state index in [2.05, 4.69) is 66.6 Å². The lowest BCUT2D eigenvalue weighted by Gasteiger charge is -2.25. The first kappa shape index (κ1) is 12.6. The third kappa shape index (κ3) is 2.50. The van der Waals surface area contributed by atoms with Gasteiger partial charge in [-0.15, -0.1) is 11.8 Å². The summed E-state index contributed by atoms with van der Waals surface area (Å²) in [7, 11) is 0. The Balaban J connectivity index is 1.82. The fourth-order valence-electron chi connectivity index (χ4n) is 2.80. The minimum atomic E-state index is 0.595. The SMILES string of the molecule is CSc1ccc(CN2c3ccccc3CC2C)cc1. The molecule has 0 spiro atoms. The van der Waals surface area contributed by atoms with Crippen molar-refractivity contribution in [2.75, 3.05) is 11.2 Å². The number of hydrogen-bond acceptors (Lipinski definition) is 2. The molecule has 0 amide bonds. The fraction of sp³-hybridized carbons (Fsp3) is 0.294. The van der Waals surface area contributed by atoms with E-state index < -0.39 is 0 Å². The highest BCUT2D eigenvalue weighted by molar-refractivity contribution is 7.98. The Morgan fingerprint density at radius 2 is 1.84 bits per heavy atom. The van der Waals surface area contributed by atoms with Crippen LogP contribution in [0.25, 0.3) is 0 Å². The Morgan fingerprint density at radius 3 is 2.58 bits per heavy atom. The van der Waals surface area contributed by atoms with Crippen LogP contribution in [-0.4, -0.2) is 12.3 Å². The average Bonchev–Trinajstić information content (AvgIpc) is 2.76. The molecule has 1 aliphatic heterocycles. The Hall–Kier alpha value is -1.41. The molecule has 1 heterocycles. The van der Waals surface area contributed by atoms with Gasteiger partial charge in [0.1, 0.15) is 0 Å². The number of fused-ring (bicyclic) bond motifs is 1. The summed E-state index contributed by atoms with van der Waals surface area (Å²) >= 11 is 1.80. The fourth-order valence-corrected chi connectivity index (χ4v) is 3.21. The molecule has 0 N–H and O–H groups in total. The van der Waals surface area contributed by atoms with Crippen LogP contribution in [0.4, 0.5) is 5.69 Å². The molecular weight excluding hydrogens is 250 g/mol. The number of anilines is 1. The number of thioether (sulfide) groups is 1. The van der Waals surface area contributed by atoms with Gasteiger partial charge in [0.2, 0.25) is 0 Å². The van der Waals surface area contributed by atoms with Crippen LogP contribution in [0.1, 0.15) is 18.1 Å². The normalized spacial score (nSPS) is 17.6. The number of para-hydroxylation sites is 1. The van der Waals surface area contributed by atoms with Gasteiger partial charge in [-0.1, -0.05) is 30.3 Å². The van der Waals surface area contributed by atoms with Gasteiger partial charge in [-0.3, -0.25) is 0 Å². The van der Waals surface area contributed by atoms with E-state index in [4.69, 9.17) is 0 Å². The Labute approximate surface area is 119 Å². The van der Waals surface area contributed by atoms with E-state index >= 15 is 0 Å². The summed E-state index contributed by atoms with van der Waals surface area (Å²) in [6.07, 6.45) is 3.28. The zero-order valence-electron chi connectivity index (χ0n) is 11.5. The van der Waals surface area contributed by atoms with Crippen molar-refractivity contribution in [2.24, 2.45) is 0 Å². The molecule has 0 bridgehead atoms. The first-order valence-electron chi connectivity index (χ1n) is 6.75. The van der Waals surface area contributed by atoms with Gasteiger partial charge < -0.3 is 4.90 Å². The van der Waals surface area contributed by atoms with Gasteiger partial charge in [-0.25, -0.2) is 0 Å². The lowest BCUT2D eigenvalue weighted by molar-refractivity contribution is 0.672. The van der Waals surface area contributed by atoms with Crippen LogP contribution in [0, 0.1) is 0 Å². The van der Waals surface area contributed by atoms with Crippen LogP contribution < -0.4 is 4.90 Å². The van der Waals surface area contributed by atoms with E-state index in [0.717, 1.165) is 6.54 Å². The molecule has 0 radical (unpaired) electrons. The zero-order chi connectivity index (χ0) is 13.2. The maximum absolute atomic E-state index is 2.52. The Bertz CT molecular complexity index is 562. The summed E-state index contributed by atoms with van der Waals surface area (Å²) < 4.78 is 0. The van der Waals surface area contributed by atoms with Gasteiger partial charge in [0, 0.05) is 23.2 Å². The van der Waals surface area contributed by atoms with Gasteiger partial charge in [0.15, 0.2) is 0 Å². The molecule has 2 heteroatoms. The second-order valence-electron chi connectivity index (χ2n) is 5.16. The molecule has 19 heavy (non-hydrogen) atoms. The first-order chi connectivity index (χ1) is 9.28. The first-order valence-corrected chi connectivity index (χ1v) is 7.98. The minimum Gasteiger partial charge on any atom is -0.364 e. The van der Waals surface area contributed by atoms with E-state index in [1.54, 1.807) is 11.8 Å². The molecule has 0 aliphatic carbocycles. The average molecular weight is 269 g/mol. The monoisotopic (exact) mass is 269 g/mol. The van der Waals surface area contributed by atoms with E-state index in [1.807, 2.05) is 0 Å². The molecule has 1 atom stereocenters. The van der Waals surface area contributed by atoms with Crippen molar-refractivity contribution in [3.05, 3.63) is 59.7 Å². The van der Waals surface area contributed by atoms with Gasteiger partial charge in [-0.2, -0.15) is 0 Å². The number of rotatable bonds is 3. The van der Waals surface area contributed by atoms with Crippen molar-refractivity contribution in [2.45, 2.75) is 30.8 Å². The number of benzene rings is 2. The van der Waals surface area contributed by atoms with Crippen LogP contribution in [0.3, 0.4) is 0 Å². The molecular formula is C17H19NS. The van der Waals surface area contributed by atoms with Crippen LogP contribution in [0.15, 0.2) is 53.4 Å². The molecule has 2 aromatic rings. The Morgan fingerprint density at radius 1 is 1.11 bits per heavy atom. The molecule has 0 saturated heterocycles. The second kappa shape index (κ2) is 5.30. The van der Waals surface area contributed by atoms with Crippen molar-refractivity contribution < 1.29 is 0 Å². The van der Waals surface area contributed by atoms with Crippen LogP contribution in [0.2, 0.25) is 0 Å². The lowest BCUT2D eigenvalue weighted by Crippen LogP contribution is -2.28. The maximum atomic E-state index is 2.52. The summed E-state index contributed by atoms with van der Waals surface area (Å²) in [5, 5.41) is 0. The zero-order valence-corrected chi connectivity index (χ0v) is 12.3. The number of nitrogens with zero attached hydrogens (tertiary/aromatic N) is 1. The molecule has 0 saturated carbocycles. The highest BCUT2D eigenvalue weighted by Crippen LogP contribution is 2.33. The Kier molecular flexibility index (Phi) is 3.52. The molecule has 0 fully saturated rings. The standard InChI is InChI=1S/C17H19NS/c1-13-11-15-5-3-4-6-17(15)18(13)12-14-7-9-16(19-2)10-8-14/h3-10,13H,11-12H2,1-2H3. The summed E-state index contributed by atoms with van der Waals surface area (Å²) in [6.45, 7) is 3.32. The predicted molar refractivity (Wildman–Crippen MR) is 84.0 cm³/mol. The molecule has 0 aromatic heterocycles.